The number of benzene rings is 2. The van der Waals surface area contributed by atoms with E-state index in [2.05, 4.69) is 16.4 Å². The standard InChI is InChI=1S/C16H12N4/c17-9-11-2-1-3-12(8-11)20-16-5-4-15(18)14-10-19-7-6-13(14)16/h1-8,10,20H,18H2. The first-order valence-corrected chi connectivity index (χ1v) is 6.17. The number of aromatic nitrogens is 1. The van der Waals surface area contributed by atoms with Gasteiger partial charge in [-0.2, -0.15) is 5.26 Å². The van der Waals surface area contributed by atoms with Gasteiger partial charge in [-0.3, -0.25) is 4.98 Å². The molecule has 1 heterocycles. The molecule has 0 unspecified atom stereocenters. The molecule has 2 aromatic carbocycles. The van der Waals surface area contributed by atoms with Gasteiger partial charge in [0.1, 0.15) is 0 Å². The van der Waals surface area contributed by atoms with Gasteiger partial charge in [0.25, 0.3) is 0 Å². The van der Waals surface area contributed by atoms with Crippen LogP contribution in [0.3, 0.4) is 0 Å². The van der Waals surface area contributed by atoms with Crippen LogP contribution in [0.25, 0.3) is 10.8 Å². The van der Waals surface area contributed by atoms with Crippen LogP contribution in [-0.2, 0) is 0 Å². The Morgan fingerprint density at radius 2 is 2.00 bits per heavy atom. The van der Waals surface area contributed by atoms with E-state index in [0.29, 0.717) is 11.3 Å². The Labute approximate surface area is 116 Å². The zero-order valence-electron chi connectivity index (χ0n) is 10.7. The molecule has 0 aliphatic rings. The third-order valence-electron chi connectivity index (χ3n) is 3.12. The molecule has 0 atom stereocenters. The van der Waals surface area contributed by atoms with E-state index in [9.17, 15) is 0 Å². The quantitative estimate of drug-likeness (QED) is 0.692. The summed E-state index contributed by atoms with van der Waals surface area (Å²) in [5, 5.41) is 14.2. The van der Waals surface area contributed by atoms with E-state index in [-0.39, 0.29) is 0 Å². The molecular formula is C16H12N4. The van der Waals surface area contributed by atoms with Crippen LogP contribution in [0.2, 0.25) is 0 Å². The number of pyridine rings is 1. The largest absolute Gasteiger partial charge is 0.398 e. The van der Waals surface area contributed by atoms with E-state index in [1.54, 1.807) is 18.5 Å². The molecule has 0 radical (unpaired) electrons. The highest BCUT2D eigenvalue weighted by Gasteiger charge is 2.04. The molecule has 3 N–H and O–H groups in total. The number of nitriles is 1. The van der Waals surface area contributed by atoms with Gasteiger partial charge in [0, 0.05) is 40.2 Å². The van der Waals surface area contributed by atoms with Crippen LogP contribution in [0, 0.1) is 11.3 Å². The summed E-state index contributed by atoms with van der Waals surface area (Å²) in [6.07, 6.45) is 3.49. The van der Waals surface area contributed by atoms with Crippen molar-refractivity contribution in [2.45, 2.75) is 0 Å². The van der Waals surface area contributed by atoms with Crippen LogP contribution < -0.4 is 11.1 Å². The lowest BCUT2D eigenvalue weighted by atomic mass is 10.1. The summed E-state index contributed by atoms with van der Waals surface area (Å²) in [5.41, 5.74) is 9.08. The summed E-state index contributed by atoms with van der Waals surface area (Å²) in [7, 11) is 0. The smallest absolute Gasteiger partial charge is 0.0992 e. The van der Waals surface area contributed by atoms with Gasteiger partial charge in [0.2, 0.25) is 0 Å². The Kier molecular flexibility index (Phi) is 2.94. The average Bonchev–Trinajstić information content (AvgIpc) is 2.51. The molecule has 3 aromatic rings. The van der Waals surface area contributed by atoms with Crippen LogP contribution in [0.1, 0.15) is 5.56 Å². The van der Waals surface area contributed by atoms with Crippen molar-refractivity contribution in [3.8, 4) is 6.07 Å². The van der Waals surface area contributed by atoms with Gasteiger partial charge in [-0.05, 0) is 36.4 Å². The van der Waals surface area contributed by atoms with Gasteiger partial charge in [-0.25, -0.2) is 0 Å². The Morgan fingerprint density at radius 1 is 1.10 bits per heavy atom. The summed E-state index contributed by atoms with van der Waals surface area (Å²) in [5.74, 6) is 0. The predicted molar refractivity (Wildman–Crippen MR) is 80.6 cm³/mol. The molecule has 1 aromatic heterocycles. The minimum Gasteiger partial charge on any atom is -0.398 e. The summed E-state index contributed by atoms with van der Waals surface area (Å²) in [6.45, 7) is 0. The molecule has 96 valence electrons. The molecule has 4 heteroatoms. The van der Waals surface area contributed by atoms with Crippen molar-refractivity contribution < 1.29 is 0 Å². The van der Waals surface area contributed by atoms with Crippen molar-refractivity contribution in [1.29, 1.82) is 5.26 Å². The number of nitrogens with two attached hydrogens (primary N) is 1. The first-order chi connectivity index (χ1) is 9.78. The summed E-state index contributed by atoms with van der Waals surface area (Å²) in [6, 6.07) is 15.2. The van der Waals surface area contributed by atoms with E-state index in [0.717, 1.165) is 22.1 Å². The highest BCUT2D eigenvalue weighted by atomic mass is 14.9. The fourth-order valence-electron chi connectivity index (χ4n) is 2.14. The number of rotatable bonds is 2. The minimum atomic E-state index is 0.622. The SMILES string of the molecule is N#Cc1cccc(Nc2ccc(N)c3cnccc23)c1. The molecule has 3 rings (SSSR count). The number of nitrogen functional groups attached to an aromatic ring is 1. The van der Waals surface area contributed by atoms with Crippen LogP contribution in [-0.4, -0.2) is 4.98 Å². The predicted octanol–water partition coefficient (Wildman–Crippen LogP) is 3.43. The van der Waals surface area contributed by atoms with E-state index >= 15 is 0 Å². The third-order valence-corrected chi connectivity index (χ3v) is 3.12. The second kappa shape index (κ2) is 4.90. The number of nitrogens with one attached hydrogen (secondary N) is 1. The third kappa shape index (κ3) is 2.13. The lowest BCUT2D eigenvalue weighted by Crippen LogP contribution is -1.95. The fraction of sp³-hybridized carbons (Fsp3) is 0. The second-order valence-corrected chi connectivity index (χ2v) is 4.44. The number of hydrogen-bond donors (Lipinski definition) is 2. The molecule has 0 bridgehead atoms. The lowest BCUT2D eigenvalue weighted by Gasteiger charge is -2.11. The Balaban J connectivity index is 2.07. The fourth-order valence-corrected chi connectivity index (χ4v) is 2.14. The molecular weight excluding hydrogens is 248 g/mol. The van der Waals surface area contributed by atoms with Crippen LogP contribution in [0.4, 0.5) is 17.1 Å². The molecule has 20 heavy (non-hydrogen) atoms. The molecule has 0 amide bonds. The topological polar surface area (TPSA) is 74.7 Å². The summed E-state index contributed by atoms with van der Waals surface area (Å²) in [4.78, 5) is 4.10. The maximum atomic E-state index is 8.93. The van der Waals surface area contributed by atoms with Gasteiger partial charge in [-0.15, -0.1) is 0 Å². The monoisotopic (exact) mass is 260 g/mol. The maximum Gasteiger partial charge on any atom is 0.0992 e. The molecule has 0 saturated heterocycles. The van der Waals surface area contributed by atoms with Crippen LogP contribution in [0.5, 0.6) is 0 Å². The maximum absolute atomic E-state index is 8.93. The Hall–Kier alpha value is -3.06. The van der Waals surface area contributed by atoms with Crippen molar-refractivity contribution in [3.63, 3.8) is 0 Å². The van der Waals surface area contributed by atoms with Gasteiger partial charge >= 0.3 is 0 Å². The average molecular weight is 260 g/mol. The van der Waals surface area contributed by atoms with E-state index in [1.165, 1.54) is 0 Å². The number of anilines is 3. The number of nitrogens with zero attached hydrogens (tertiary/aromatic N) is 2. The van der Waals surface area contributed by atoms with Crippen LogP contribution in [0.15, 0.2) is 54.9 Å². The summed E-state index contributed by atoms with van der Waals surface area (Å²) < 4.78 is 0. The minimum absolute atomic E-state index is 0.622. The van der Waals surface area contributed by atoms with E-state index in [1.807, 2.05) is 36.4 Å². The normalized spacial score (nSPS) is 10.2. The van der Waals surface area contributed by atoms with Gasteiger partial charge in [-0.1, -0.05) is 6.07 Å². The molecule has 0 aliphatic carbocycles. The van der Waals surface area contributed by atoms with E-state index in [4.69, 9.17) is 11.0 Å². The van der Waals surface area contributed by atoms with Gasteiger partial charge < -0.3 is 11.1 Å². The number of hydrogen-bond acceptors (Lipinski definition) is 4. The zero-order valence-corrected chi connectivity index (χ0v) is 10.7. The van der Waals surface area contributed by atoms with Crippen molar-refractivity contribution in [3.05, 3.63) is 60.4 Å². The molecule has 0 fully saturated rings. The van der Waals surface area contributed by atoms with Gasteiger partial charge in [0.05, 0.1) is 11.6 Å². The first-order valence-electron chi connectivity index (χ1n) is 6.17. The van der Waals surface area contributed by atoms with Crippen LogP contribution >= 0.6 is 0 Å². The number of fused-ring (bicyclic) bond motifs is 1. The summed E-state index contributed by atoms with van der Waals surface area (Å²) >= 11 is 0. The first kappa shape index (κ1) is 12.0. The van der Waals surface area contributed by atoms with Crippen molar-refractivity contribution in [2.24, 2.45) is 0 Å². The zero-order chi connectivity index (χ0) is 13.9. The molecule has 0 saturated carbocycles. The lowest BCUT2D eigenvalue weighted by molar-refractivity contribution is 1.36. The molecule has 0 spiro atoms. The highest BCUT2D eigenvalue weighted by Crippen LogP contribution is 2.29. The Bertz CT molecular complexity index is 818. The molecule has 0 aliphatic heterocycles. The van der Waals surface area contributed by atoms with Crippen molar-refractivity contribution in [1.82, 2.24) is 4.98 Å². The molecule has 4 nitrogen and oxygen atoms in total. The van der Waals surface area contributed by atoms with E-state index < -0.39 is 0 Å². The van der Waals surface area contributed by atoms with Gasteiger partial charge in [0.15, 0.2) is 0 Å². The van der Waals surface area contributed by atoms with Crippen molar-refractivity contribution >= 4 is 27.8 Å². The van der Waals surface area contributed by atoms with Crippen molar-refractivity contribution in [2.75, 3.05) is 11.1 Å². The Morgan fingerprint density at radius 3 is 2.85 bits per heavy atom. The highest BCUT2D eigenvalue weighted by molar-refractivity contribution is 6.01. The second-order valence-electron chi connectivity index (χ2n) is 4.44.